The second-order valence-corrected chi connectivity index (χ2v) is 7.61. The Morgan fingerprint density at radius 1 is 1.10 bits per heavy atom. The molecule has 0 unspecified atom stereocenters. The quantitative estimate of drug-likeness (QED) is 0.692. The van der Waals surface area contributed by atoms with Crippen LogP contribution >= 0.6 is 0 Å². The Labute approximate surface area is 167 Å². The van der Waals surface area contributed by atoms with E-state index in [1.807, 2.05) is 20.8 Å². The van der Waals surface area contributed by atoms with E-state index >= 15 is 0 Å². The number of hydrogen-bond acceptors (Lipinski definition) is 4. The van der Waals surface area contributed by atoms with Gasteiger partial charge < -0.3 is 10.4 Å². The molecule has 8 heteroatoms. The number of aryl methyl sites for hydroxylation is 1. The zero-order valence-corrected chi connectivity index (χ0v) is 16.5. The van der Waals surface area contributed by atoms with Crippen LogP contribution in [0.1, 0.15) is 47.2 Å². The summed E-state index contributed by atoms with van der Waals surface area (Å²) < 4.78 is 15.1. The molecule has 150 valence electrons. The molecule has 2 N–H and O–H groups in total. The van der Waals surface area contributed by atoms with Gasteiger partial charge in [0.1, 0.15) is 5.82 Å². The summed E-state index contributed by atoms with van der Waals surface area (Å²) in [5.41, 5.74) is 1.64. The van der Waals surface area contributed by atoms with Crippen LogP contribution in [-0.4, -0.2) is 31.7 Å². The van der Waals surface area contributed by atoms with E-state index in [2.05, 4.69) is 15.4 Å². The van der Waals surface area contributed by atoms with Gasteiger partial charge in [-0.1, -0.05) is 0 Å². The number of aromatic nitrogens is 3. The summed E-state index contributed by atoms with van der Waals surface area (Å²) in [4.78, 5) is 28.3. The van der Waals surface area contributed by atoms with E-state index in [9.17, 15) is 19.1 Å². The van der Waals surface area contributed by atoms with Crippen molar-refractivity contribution in [3.05, 3.63) is 65.4 Å². The number of amides is 1. The number of nitrogens with one attached hydrogen (secondary N) is 1. The monoisotopic (exact) mass is 396 g/mol. The first kappa shape index (κ1) is 20.2. The van der Waals surface area contributed by atoms with Gasteiger partial charge in [-0.05, 0) is 58.0 Å². The summed E-state index contributed by atoms with van der Waals surface area (Å²) in [7, 11) is 0. The first-order valence-corrected chi connectivity index (χ1v) is 8.93. The number of hydrogen-bond donors (Lipinski definition) is 2. The number of rotatable bonds is 4. The lowest BCUT2D eigenvalue weighted by Gasteiger charge is -2.23. The molecule has 0 radical (unpaired) electrons. The number of carbonyl (C=O) groups excluding carboxylic acids is 1. The van der Waals surface area contributed by atoms with Gasteiger partial charge in [0.05, 0.1) is 46.1 Å². The van der Waals surface area contributed by atoms with Crippen LogP contribution in [-0.2, 0) is 5.54 Å². The van der Waals surface area contributed by atoms with Crippen LogP contribution in [0.15, 0.2) is 42.7 Å². The standard InChI is InChI=1S/C21H21FN4O3/c1-12-16(20(28)29)9-15(10-23-12)25-19(27)17-11-24-26(21(2,3)4)18(17)13-5-7-14(22)8-6-13/h5-11H,1-4H3,(H,25,27)(H,28,29). The van der Waals surface area contributed by atoms with Crippen molar-refractivity contribution in [1.82, 2.24) is 14.8 Å². The molecule has 2 aromatic heterocycles. The first-order valence-electron chi connectivity index (χ1n) is 8.93. The fourth-order valence-electron chi connectivity index (χ4n) is 2.93. The third-order valence-corrected chi connectivity index (χ3v) is 4.34. The molecule has 0 atom stereocenters. The molecule has 3 rings (SSSR count). The molecule has 0 fully saturated rings. The highest BCUT2D eigenvalue weighted by molar-refractivity contribution is 6.08. The number of nitrogens with zero attached hydrogens (tertiary/aromatic N) is 3. The van der Waals surface area contributed by atoms with Gasteiger partial charge in [-0.25, -0.2) is 9.18 Å². The van der Waals surface area contributed by atoms with Crippen molar-refractivity contribution in [2.45, 2.75) is 33.2 Å². The zero-order valence-electron chi connectivity index (χ0n) is 16.5. The molecule has 0 aliphatic rings. The molecular weight excluding hydrogens is 375 g/mol. The third kappa shape index (κ3) is 4.16. The number of carbonyl (C=O) groups is 2. The molecule has 1 amide bonds. The maximum absolute atomic E-state index is 13.4. The summed E-state index contributed by atoms with van der Waals surface area (Å²) in [5, 5.41) is 16.3. The highest BCUT2D eigenvalue weighted by atomic mass is 19.1. The maximum atomic E-state index is 13.4. The van der Waals surface area contributed by atoms with Crippen molar-refractivity contribution in [2.75, 3.05) is 5.32 Å². The molecule has 0 spiro atoms. The molecule has 1 aromatic carbocycles. The normalized spacial score (nSPS) is 11.3. The number of pyridine rings is 1. The second-order valence-electron chi connectivity index (χ2n) is 7.61. The van der Waals surface area contributed by atoms with E-state index in [1.54, 1.807) is 23.7 Å². The second kappa shape index (κ2) is 7.46. The van der Waals surface area contributed by atoms with Crippen LogP contribution in [0.2, 0.25) is 0 Å². The molecule has 0 saturated carbocycles. The molecule has 29 heavy (non-hydrogen) atoms. The summed E-state index contributed by atoms with van der Waals surface area (Å²) in [6.45, 7) is 7.41. The first-order chi connectivity index (χ1) is 13.6. The highest BCUT2D eigenvalue weighted by Crippen LogP contribution is 2.30. The number of halogens is 1. The molecule has 7 nitrogen and oxygen atoms in total. The van der Waals surface area contributed by atoms with Crippen LogP contribution in [0.4, 0.5) is 10.1 Å². The lowest BCUT2D eigenvalue weighted by molar-refractivity contribution is 0.0695. The Balaban J connectivity index is 2.04. The average molecular weight is 396 g/mol. The van der Waals surface area contributed by atoms with Crippen molar-refractivity contribution in [3.63, 3.8) is 0 Å². The largest absolute Gasteiger partial charge is 0.478 e. The van der Waals surface area contributed by atoms with Gasteiger partial charge in [-0.2, -0.15) is 5.10 Å². The number of carboxylic acids is 1. The van der Waals surface area contributed by atoms with E-state index in [1.165, 1.54) is 30.6 Å². The minimum Gasteiger partial charge on any atom is -0.478 e. The average Bonchev–Trinajstić information content (AvgIpc) is 3.09. The Bertz CT molecular complexity index is 1080. The fraction of sp³-hybridized carbons (Fsp3) is 0.238. The van der Waals surface area contributed by atoms with Crippen molar-refractivity contribution < 1.29 is 19.1 Å². The topological polar surface area (TPSA) is 97.1 Å². The van der Waals surface area contributed by atoms with Gasteiger partial charge in [0.25, 0.3) is 5.91 Å². The van der Waals surface area contributed by atoms with Crippen molar-refractivity contribution in [2.24, 2.45) is 0 Å². The molecule has 0 aliphatic carbocycles. The summed E-state index contributed by atoms with van der Waals surface area (Å²) in [5.74, 6) is -1.98. The summed E-state index contributed by atoms with van der Waals surface area (Å²) in [6.07, 6.45) is 2.84. The fourth-order valence-corrected chi connectivity index (χ4v) is 2.93. The van der Waals surface area contributed by atoms with Crippen LogP contribution < -0.4 is 5.32 Å². The van der Waals surface area contributed by atoms with Crippen molar-refractivity contribution in [1.29, 1.82) is 0 Å². The lowest BCUT2D eigenvalue weighted by atomic mass is 10.0. The SMILES string of the molecule is Cc1ncc(NC(=O)c2cnn(C(C)(C)C)c2-c2ccc(F)cc2)cc1C(=O)O. The molecular formula is C21H21FN4O3. The van der Waals surface area contributed by atoms with Crippen LogP contribution in [0.25, 0.3) is 11.3 Å². The highest BCUT2D eigenvalue weighted by Gasteiger charge is 2.25. The van der Waals surface area contributed by atoms with Crippen molar-refractivity contribution >= 4 is 17.6 Å². The number of aromatic carboxylic acids is 1. The lowest BCUT2D eigenvalue weighted by Crippen LogP contribution is -2.24. The number of carboxylic acid groups (broad SMARTS) is 1. The van der Waals surface area contributed by atoms with Gasteiger partial charge >= 0.3 is 5.97 Å². The van der Waals surface area contributed by atoms with Gasteiger partial charge in [0.15, 0.2) is 0 Å². The smallest absolute Gasteiger partial charge is 0.337 e. The Morgan fingerprint density at radius 3 is 2.34 bits per heavy atom. The van der Waals surface area contributed by atoms with Gasteiger partial charge in [0.2, 0.25) is 0 Å². The Kier molecular flexibility index (Phi) is 5.19. The zero-order chi connectivity index (χ0) is 21.3. The number of anilines is 1. The molecule has 0 bridgehead atoms. The minimum atomic E-state index is -1.13. The predicted octanol–water partition coefficient (Wildman–Crippen LogP) is 4.10. The van der Waals surface area contributed by atoms with Gasteiger partial charge in [-0.15, -0.1) is 0 Å². The van der Waals surface area contributed by atoms with E-state index in [-0.39, 0.29) is 22.6 Å². The Morgan fingerprint density at radius 2 is 1.76 bits per heavy atom. The summed E-state index contributed by atoms with van der Waals surface area (Å²) in [6, 6.07) is 7.16. The van der Waals surface area contributed by atoms with Gasteiger partial charge in [-0.3, -0.25) is 14.5 Å². The minimum absolute atomic E-state index is 0.00643. The van der Waals surface area contributed by atoms with Crippen LogP contribution in [0, 0.1) is 12.7 Å². The third-order valence-electron chi connectivity index (χ3n) is 4.34. The Hall–Kier alpha value is -3.55. The van der Waals surface area contributed by atoms with E-state index in [0.717, 1.165) is 0 Å². The maximum Gasteiger partial charge on any atom is 0.337 e. The number of benzene rings is 1. The van der Waals surface area contributed by atoms with E-state index in [0.29, 0.717) is 17.0 Å². The summed E-state index contributed by atoms with van der Waals surface area (Å²) >= 11 is 0. The van der Waals surface area contributed by atoms with Crippen LogP contribution in [0.5, 0.6) is 0 Å². The van der Waals surface area contributed by atoms with Gasteiger partial charge in [0, 0.05) is 5.56 Å². The predicted molar refractivity (Wildman–Crippen MR) is 107 cm³/mol. The van der Waals surface area contributed by atoms with E-state index < -0.39 is 17.4 Å². The van der Waals surface area contributed by atoms with E-state index in [4.69, 9.17) is 0 Å². The molecule has 3 aromatic rings. The molecule has 0 saturated heterocycles. The molecule has 2 heterocycles. The van der Waals surface area contributed by atoms with Crippen molar-refractivity contribution in [3.8, 4) is 11.3 Å². The van der Waals surface area contributed by atoms with Crippen LogP contribution in [0.3, 0.4) is 0 Å². The molecule has 0 aliphatic heterocycles.